The zero-order chi connectivity index (χ0) is 15.6. The van der Waals surface area contributed by atoms with E-state index < -0.39 is 0 Å². The minimum Gasteiger partial charge on any atom is -0.405 e. The van der Waals surface area contributed by atoms with Crippen LogP contribution in [0.15, 0.2) is 40.8 Å². The molecule has 0 amide bonds. The molecule has 0 aromatic heterocycles. The molecule has 0 aliphatic carbocycles. The third-order valence-corrected chi connectivity index (χ3v) is 3.08. The molecule has 20 heavy (non-hydrogen) atoms. The fourth-order valence-electron chi connectivity index (χ4n) is 1.48. The molecule has 0 unspecified atom stereocenters. The number of nitrogens with two attached hydrogens (primary N) is 1. The Morgan fingerprint density at radius 2 is 1.95 bits per heavy atom. The van der Waals surface area contributed by atoms with Crippen molar-refractivity contribution in [2.24, 2.45) is 16.3 Å². The molecule has 0 aromatic carbocycles. The molecule has 3 N–H and O–H groups in total. The van der Waals surface area contributed by atoms with Crippen molar-refractivity contribution < 1.29 is 0 Å². The molecule has 3 nitrogen and oxygen atoms in total. The van der Waals surface area contributed by atoms with E-state index in [0.29, 0.717) is 5.88 Å². The van der Waals surface area contributed by atoms with Crippen LogP contribution in [0.3, 0.4) is 0 Å². The lowest BCUT2D eigenvalue weighted by atomic mass is 9.90. The summed E-state index contributed by atoms with van der Waals surface area (Å²) in [7, 11) is 0. The first-order valence-corrected chi connectivity index (χ1v) is 7.60. The summed E-state index contributed by atoms with van der Waals surface area (Å²) in [5.41, 5.74) is 11.6. The highest BCUT2D eigenvalue weighted by atomic mass is 35.5. The van der Waals surface area contributed by atoms with Crippen LogP contribution < -0.4 is 11.2 Å². The number of nitrogens with zero attached hydrogens (tertiary/aromatic N) is 1. The third kappa shape index (κ3) is 7.39. The Kier molecular flexibility index (Phi) is 9.06. The molecule has 0 atom stereocenters. The highest BCUT2D eigenvalue weighted by Gasteiger charge is 2.16. The van der Waals surface area contributed by atoms with E-state index in [-0.39, 0.29) is 5.41 Å². The van der Waals surface area contributed by atoms with Gasteiger partial charge in [0.1, 0.15) is 0 Å². The van der Waals surface area contributed by atoms with Crippen LogP contribution in [0.25, 0.3) is 0 Å². The van der Waals surface area contributed by atoms with Crippen LogP contribution in [0.4, 0.5) is 0 Å². The Bertz CT molecular complexity index is 392. The maximum absolute atomic E-state index is 5.91. The number of rotatable bonds is 7. The molecule has 0 aromatic rings. The summed E-state index contributed by atoms with van der Waals surface area (Å²) in [6.45, 7) is 10.5. The molecule has 0 saturated carbocycles. The molecule has 4 heteroatoms. The predicted octanol–water partition coefficient (Wildman–Crippen LogP) is 4.32. The second kappa shape index (κ2) is 9.65. The van der Waals surface area contributed by atoms with Gasteiger partial charge in [-0.05, 0) is 31.2 Å². The molecule has 0 aliphatic heterocycles. The largest absolute Gasteiger partial charge is 0.405 e. The van der Waals surface area contributed by atoms with Gasteiger partial charge in [-0.3, -0.25) is 5.43 Å². The molecule has 0 heterocycles. The second-order valence-corrected chi connectivity index (χ2v) is 5.84. The smallest absolute Gasteiger partial charge is 0.0674 e. The summed E-state index contributed by atoms with van der Waals surface area (Å²) in [6, 6.07) is 0. The SMILES string of the molecule is CC/C=C(\C=C(/CC)CCl)N/N=C(\C=C\N)C(C)(C)C. The maximum atomic E-state index is 5.91. The second-order valence-electron chi connectivity index (χ2n) is 5.58. The predicted molar refractivity (Wildman–Crippen MR) is 90.8 cm³/mol. The highest BCUT2D eigenvalue weighted by Crippen LogP contribution is 2.17. The van der Waals surface area contributed by atoms with Crippen LogP contribution in [0.5, 0.6) is 0 Å². The molecule has 0 bridgehead atoms. The minimum atomic E-state index is -0.0655. The summed E-state index contributed by atoms with van der Waals surface area (Å²) in [4.78, 5) is 0. The van der Waals surface area contributed by atoms with Crippen molar-refractivity contribution in [2.45, 2.75) is 47.5 Å². The van der Waals surface area contributed by atoms with Gasteiger partial charge in [0.15, 0.2) is 0 Å². The summed E-state index contributed by atoms with van der Waals surface area (Å²) in [5.74, 6) is 0.539. The van der Waals surface area contributed by atoms with Gasteiger partial charge in [-0.2, -0.15) is 5.10 Å². The lowest BCUT2D eigenvalue weighted by molar-refractivity contribution is 0.587. The average Bonchev–Trinajstić information content (AvgIpc) is 2.38. The van der Waals surface area contributed by atoms with Gasteiger partial charge in [0.25, 0.3) is 0 Å². The van der Waals surface area contributed by atoms with Crippen LogP contribution in [-0.2, 0) is 0 Å². The first-order chi connectivity index (χ1) is 9.38. The first kappa shape index (κ1) is 18.8. The van der Waals surface area contributed by atoms with Crippen molar-refractivity contribution in [2.75, 3.05) is 5.88 Å². The average molecular weight is 298 g/mol. The first-order valence-electron chi connectivity index (χ1n) is 7.07. The summed E-state index contributed by atoms with van der Waals surface area (Å²) in [6.07, 6.45) is 9.37. The van der Waals surface area contributed by atoms with Gasteiger partial charge in [0.05, 0.1) is 11.4 Å². The van der Waals surface area contributed by atoms with Gasteiger partial charge in [-0.25, -0.2) is 0 Å². The Hall–Kier alpha value is -1.22. The van der Waals surface area contributed by atoms with E-state index in [1.54, 1.807) is 0 Å². The summed E-state index contributed by atoms with van der Waals surface area (Å²) in [5, 5.41) is 4.47. The van der Waals surface area contributed by atoms with E-state index in [0.717, 1.165) is 24.3 Å². The zero-order valence-corrected chi connectivity index (χ0v) is 14.1. The van der Waals surface area contributed by atoms with Crippen LogP contribution in [-0.4, -0.2) is 11.6 Å². The number of halogens is 1. The molecule has 0 fully saturated rings. The molecule has 0 saturated heterocycles. The fourth-order valence-corrected chi connectivity index (χ4v) is 1.75. The molecular weight excluding hydrogens is 270 g/mol. The Morgan fingerprint density at radius 1 is 1.30 bits per heavy atom. The van der Waals surface area contributed by atoms with Crippen molar-refractivity contribution >= 4 is 17.3 Å². The number of allylic oxidation sites excluding steroid dienone is 4. The molecule has 0 rings (SSSR count). The van der Waals surface area contributed by atoms with Crippen molar-refractivity contribution in [3.05, 3.63) is 35.7 Å². The molecular formula is C16H28ClN3. The van der Waals surface area contributed by atoms with E-state index in [2.05, 4.69) is 57.3 Å². The highest BCUT2D eigenvalue weighted by molar-refractivity contribution is 6.19. The number of nitrogens with one attached hydrogen (secondary N) is 1. The van der Waals surface area contributed by atoms with Crippen molar-refractivity contribution in [1.82, 2.24) is 5.43 Å². The van der Waals surface area contributed by atoms with Gasteiger partial charge in [0.2, 0.25) is 0 Å². The standard InChI is InChI=1S/C16H28ClN3/c1-6-8-14(11-13(7-2)12-17)19-20-15(9-10-18)16(3,4)5/h8-11,19H,6-7,12,18H2,1-5H3/b10-9+,13-11+,14-8+,20-15+. The third-order valence-electron chi connectivity index (χ3n) is 2.74. The van der Waals surface area contributed by atoms with E-state index in [1.807, 2.05) is 6.08 Å². The number of hydrogen-bond donors (Lipinski definition) is 2. The van der Waals surface area contributed by atoms with E-state index in [1.165, 1.54) is 11.8 Å². The quantitative estimate of drug-likeness (QED) is 0.318. The van der Waals surface area contributed by atoms with Crippen LogP contribution in [0.1, 0.15) is 47.5 Å². The minimum absolute atomic E-state index is 0.0655. The van der Waals surface area contributed by atoms with Gasteiger partial charge < -0.3 is 5.73 Å². The van der Waals surface area contributed by atoms with E-state index in [4.69, 9.17) is 17.3 Å². The number of hydrazone groups is 1. The van der Waals surface area contributed by atoms with Crippen LogP contribution in [0, 0.1) is 5.41 Å². The Morgan fingerprint density at radius 3 is 2.35 bits per heavy atom. The molecule has 0 spiro atoms. The van der Waals surface area contributed by atoms with Gasteiger partial charge in [-0.15, -0.1) is 11.6 Å². The number of alkyl halides is 1. The fraction of sp³-hybridized carbons (Fsp3) is 0.562. The monoisotopic (exact) mass is 297 g/mol. The van der Waals surface area contributed by atoms with Crippen molar-refractivity contribution in [3.63, 3.8) is 0 Å². The van der Waals surface area contributed by atoms with Crippen LogP contribution >= 0.6 is 11.6 Å². The molecule has 0 aliphatic rings. The van der Waals surface area contributed by atoms with Crippen molar-refractivity contribution in [1.29, 1.82) is 0 Å². The molecule has 114 valence electrons. The lowest BCUT2D eigenvalue weighted by Crippen LogP contribution is -2.22. The van der Waals surface area contributed by atoms with Crippen LogP contribution in [0.2, 0.25) is 0 Å². The van der Waals surface area contributed by atoms with E-state index in [9.17, 15) is 0 Å². The van der Waals surface area contributed by atoms with Crippen molar-refractivity contribution in [3.8, 4) is 0 Å². The molecule has 0 radical (unpaired) electrons. The lowest BCUT2D eigenvalue weighted by Gasteiger charge is -2.19. The Labute approximate surface area is 128 Å². The summed E-state index contributed by atoms with van der Waals surface area (Å²) < 4.78 is 0. The van der Waals surface area contributed by atoms with Gasteiger partial charge in [-0.1, -0.05) is 46.3 Å². The number of hydrogen-bond acceptors (Lipinski definition) is 3. The van der Waals surface area contributed by atoms with E-state index >= 15 is 0 Å². The maximum Gasteiger partial charge on any atom is 0.0674 e. The van der Waals surface area contributed by atoms with Gasteiger partial charge >= 0.3 is 0 Å². The topological polar surface area (TPSA) is 50.4 Å². The summed E-state index contributed by atoms with van der Waals surface area (Å²) >= 11 is 5.91. The zero-order valence-electron chi connectivity index (χ0n) is 13.3. The van der Waals surface area contributed by atoms with Gasteiger partial charge in [0, 0.05) is 11.3 Å². The Balaban J connectivity index is 5.19. The normalized spacial score (nSPS) is 15.0.